The molecule has 2 rings (SSSR count). The van der Waals surface area contributed by atoms with Crippen LogP contribution < -0.4 is 10.5 Å². The molecule has 1 aliphatic heterocycles. The molecule has 3 nitrogen and oxygen atoms in total. The van der Waals surface area contributed by atoms with Crippen LogP contribution >= 0.6 is 35.6 Å². The van der Waals surface area contributed by atoms with Crippen LogP contribution in [-0.2, 0) is 6.54 Å². The maximum absolute atomic E-state index is 6.21. The van der Waals surface area contributed by atoms with Gasteiger partial charge >= 0.3 is 0 Å². The molecule has 0 radical (unpaired) electrons. The van der Waals surface area contributed by atoms with Crippen molar-refractivity contribution in [1.29, 1.82) is 0 Å². The smallest absolute Gasteiger partial charge is 0.156 e. The molecular weight excluding hydrogens is 319 g/mol. The lowest BCUT2D eigenvalue weighted by molar-refractivity contribution is 0.205. The molecule has 0 aromatic heterocycles. The average Bonchev–Trinajstić information content (AvgIpc) is 2.37. The summed E-state index contributed by atoms with van der Waals surface area (Å²) in [6.45, 7) is 5.39. The van der Waals surface area contributed by atoms with Crippen LogP contribution in [0.5, 0.6) is 5.75 Å². The highest BCUT2D eigenvalue weighted by Crippen LogP contribution is 2.34. The second-order valence-electron chi connectivity index (χ2n) is 4.94. The minimum absolute atomic E-state index is 0. The summed E-state index contributed by atoms with van der Waals surface area (Å²) in [5.41, 5.74) is 7.03. The first-order chi connectivity index (χ1) is 9.10. The van der Waals surface area contributed by atoms with Gasteiger partial charge in [-0.1, -0.05) is 23.2 Å². The van der Waals surface area contributed by atoms with Gasteiger partial charge in [0.2, 0.25) is 0 Å². The molecule has 0 saturated carbocycles. The molecule has 1 aromatic carbocycles. The van der Waals surface area contributed by atoms with Crippen LogP contribution in [0.15, 0.2) is 12.1 Å². The number of ether oxygens (including phenoxy) is 1. The zero-order chi connectivity index (χ0) is 13.8. The molecule has 1 aliphatic rings. The third kappa shape index (κ3) is 4.68. The van der Waals surface area contributed by atoms with Gasteiger partial charge in [-0.2, -0.15) is 0 Å². The molecule has 1 heterocycles. The van der Waals surface area contributed by atoms with Crippen molar-refractivity contribution in [2.45, 2.75) is 32.4 Å². The molecule has 1 aromatic rings. The zero-order valence-electron chi connectivity index (χ0n) is 11.6. The van der Waals surface area contributed by atoms with Gasteiger partial charge in [0.15, 0.2) is 5.75 Å². The lowest BCUT2D eigenvalue weighted by Gasteiger charge is -2.30. The fourth-order valence-corrected chi connectivity index (χ4v) is 3.00. The van der Waals surface area contributed by atoms with Crippen molar-refractivity contribution in [3.05, 3.63) is 27.7 Å². The van der Waals surface area contributed by atoms with Gasteiger partial charge in [-0.15, -0.1) is 12.4 Å². The van der Waals surface area contributed by atoms with Crippen LogP contribution in [0.25, 0.3) is 0 Å². The van der Waals surface area contributed by atoms with E-state index in [1.807, 2.05) is 19.1 Å². The number of likely N-dealkylation sites (tertiary alicyclic amines) is 1. The number of piperidine rings is 1. The van der Waals surface area contributed by atoms with E-state index < -0.39 is 0 Å². The van der Waals surface area contributed by atoms with Gasteiger partial charge in [0, 0.05) is 12.6 Å². The summed E-state index contributed by atoms with van der Waals surface area (Å²) < 4.78 is 5.43. The Balaban J connectivity index is 0.00000200. The molecule has 6 heteroatoms. The van der Waals surface area contributed by atoms with Crippen LogP contribution in [0.2, 0.25) is 10.0 Å². The predicted octanol–water partition coefficient (Wildman–Crippen LogP) is 3.74. The van der Waals surface area contributed by atoms with Gasteiger partial charge in [-0.05, 0) is 50.6 Å². The fraction of sp³-hybridized carbons (Fsp3) is 0.571. The molecule has 1 saturated heterocycles. The quantitative estimate of drug-likeness (QED) is 0.908. The fourth-order valence-electron chi connectivity index (χ4n) is 2.36. The number of nitrogens with zero attached hydrogens (tertiary/aromatic N) is 1. The third-order valence-corrected chi connectivity index (χ3v) is 3.95. The SMILES string of the molecule is CCOc1c(Cl)cc(CN2CCC(N)CC2)cc1Cl.Cl. The van der Waals surface area contributed by atoms with Crippen molar-refractivity contribution < 1.29 is 4.74 Å². The normalized spacial score (nSPS) is 16.8. The van der Waals surface area contributed by atoms with Crippen LogP contribution in [0, 0.1) is 0 Å². The minimum Gasteiger partial charge on any atom is -0.491 e. The van der Waals surface area contributed by atoms with Crippen molar-refractivity contribution in [1.82, 2.24) is 4.90 Å². The van der Waals surface area contributed by atoms with Crippen LogP contribution in [0.3, 0.4) is 0 Å². The number of hydrogen-bond donors (Lipinski definition) is 1. The van der Waals surface area contributed by atoms with Crippen molar-refractivity contribution in [2.24, 2.45) is 5.73 Å². The number of rotatable bonds is 4. The van der Waals surface area contributed by atoms with E-state index in [-0.39, 0.29) is 12.4 Å². The molecule has 0 bridgehead atoms. The van der Waals surface area contributed by atoms with Gasteiger partial charge in [0.25, 0.3) is 0 Å². The number of benzene rings is 1. The van der Waals surface area contributed by atoms with Gasteiger partial charge in [0.1, 0.15) is 0 Å². The molecule has 0 amide bonds. The highest BCUT2D eigenvalue weighted by atomic mass is 35.5. The lowest BCUT2D eigenvalue weighted by Crippen LogP contribution is -2.39. The van der Waals surface area contributed by atoms with E-state index in [1.165, 1.54) is 0 Å². The number of hydrogen-bond acceptors (Lipinski definition) is 3. The van der Waals surface area contributed by atoms with Gasteiger partial charge in [0.05, 0.1) is 16.7 Å². The number of nitrogens with two attached hydrogens (primary N) is 1. The standard InChI is InChI=1S/C14H20Cl2N2O.ClH/c1-2-19-14-12(15)7-10(8-13(14)16)9-18-5-3-11(17)4-6-18;/h7-8,11H,2-6,9,17H2,1H3;1H. The summed E-state index contributed by atoms with van der Waals surface area (Å²) in [5, 5.41) is 1.16. The van der Waals surface area contributed by atoms with Crippen molar-refractivity contribution in [2.75, 3.05) is 19.7 Å². The molecule has 114 valence electrons. The Labute approximate surface area is 136 Å². The largest absolute Gasteiger partial charge is 0.491 e. The summed E-state index contributed by atoms with van der Waals surface area (Å²) in [5.74, 6) is 0.579. The Hall–Kier alpha value is -0.190. The van der Waals surface area contributed by atoms with E-state index in [0.717, 1.165) is 38.0 Å². The van der Waals surface area contributed by atoms with Crippen molar-refractivity contribution in [3.8, 4) is 5.75 Å². The second kappa shape index (κ2) is 8.30. The maximum Gasteiger partial charge on any atom is 0.156 e. The number of halogens is 3. The van der Waals surface area contributed by atoms with Crippen molar-refractivity contribution in [3.63, 3.8) is 0 Å². The van der Waals surface area contributed by atoms with Gasteiger partial charge in [-0.25, -0.2) is 0 Å². The summed E-state index contributed by atoms with van der Waals surface area (Å²) in [6, 6.07) is 4.23. The van der Waals surface area contributed by atoms with E-state index in [2.05, 4.69) is 4.90 Å². The molecule has 0 atom stereocenters. The molecule has 0 spiro atoms. The first kappa shape index (κ1) is 17.9. The highest BCUT2D eigenvalue weighted by Gasteiger charge is 2.17. The van der Waals surface area contributed by atoms with Crippen LogP contribution in [0.1, 0.15) is 25.3 Å². The van der Waals surface area contributed by atoms with E-state index in [9.17, 15) is 0 Å². The lowest BCUT2D eigenvalue weighted by atomic mass is 10.1. The summed E-state index contributed by atoms with van der Waals surface area (Å²) >= 11 is 12.4. The van der Waals surface area contributed by atoms with Crippen molar-refractivity contribution >= 4 is 35.6 Å². The Morgan fingerprint density at radius 1 is 1.25 bits per heavy atom. The van der Waals surface area contributed by atoms with E-state index in [4.69, 9.17) is 33.7 Å². The molecule has 2 N–H and O–H groups in total. The topological polar surface area (TPSA) is 38.5 Å². The van der Waals surface area contributed by atoms with Crippen LogP contribution in [-0.4, -0.2) is 30.6 Å². The van der Waals surface area contributed by atoms with Crippen LogP contribution in [0.4, 0.5) is 0 Å². The molecule has 0 aliphatic carbocycles. The first-order valence-corrected chi connectivity index (χ1v) is 7.44. The Kier molecular flexibility index (Phi) is 7.41. The third-order valence-electron chi connectivity index (χ3n) is 3.39. The van der Waals surface area contributed by atoms with E-state index in [0.29, 0.717) is 28.4 Å². The maximum atomic E-state index is 6.21. The summed E-state index contributed by atoms with van der Waals surface area (Å²) in [7, 11) is 0. The molecular formula is C14H21Cl3N2O. The Bertz CT molecular complexity index is 411. The molecule has 0 unspecified atom stereocenters. The minimum atomic E-state index is 0. The van der Waals surface area contributed by atoms with Gasteiger partial charge < -0.3 is 10.5 Å². The highest BCUT2D eigenvalue weighted by molar-refractivity contribution is 6.37. The van der Waals surface area contributed by atoms with E-state index in [1.54, 1.807) is 0 Å². The molecule has 20 heavy (non-hydrogen) atoms. The Morgan fingerprint density at radius 3 is 2.30 bits per heavy atom. The average molecular weight is 340 g/mol. The Morgan fingerprint density at radius 2 is 1.80 bits per heavy atom. The molecule has 1 fully saturated rings. The van der Waals surface area contributed by atoms with Gasteiger partial charge in [-0.3, -0.25) is 4.90 Å². The monoisotopic (exact) mass is 338 g/mol. The summed E-state index contributed by atoms with van der Waals surface area (Å²) in [6.07, 6.45) is 2.11. The first-order valence-electron chi connectivity index (χ1n) is 6.68. The zero-order valence-corrected chi connectivity index (χ0v) is 13.9. The predicted molar refractivity (Wildman–Crippen MR) is 87.4 cm³/mol. The van der Waals surface area contributed by atoms with E-state index >= 15 is 0 Å². The second-order valence-corrected chi connectivity index (χ2v) is 5.75. The summed E-state index contributed by atoms with van der Waals surface area (Å²) in [4.78, 5) is 2.38.